The van der Waals surface area contributed by atoms with Gasteiger partial charge in [0.05, 0.1) is 11.4 Å². The number of nitrogens with zero attached hydrogens (tertiary/aromatic N) is 1. The summed E-state index contributed by atoms with van der Waals surface area (Å²) in [6.07, 6.45) is 0. The van der Waals surface area contributed by atoms with Crippen molar-refractivity contribution in [3.8, 4) is 0 Å². The molecule has 0 aromatic heterocycles. The summed E-state index contributed by atoms with van der Waals surface area (Å²) in [6, 6.07) is 11.7. The number of fused-ring (bicyclic) bond motifs is 1. The van der Waals surface area contributed by atoms with Crippen molar-refractivity contribution in [3.05, 3.63) is 69.6 Å². The maximum absolute atomic E-state index is 13.2. The molecule has 2 nitrogen and oxygen atoms in total. The van der Waals surface area contributed by atoms with Crippen LogP contribution in [0.4, 0.5) is 10.1 Å². The Bertz CT molecular complexity index is 676. The molecule has 1 amide bonds. The molecule has 19 heavy (non-hydrogen) atoms. The molecule has 2 aromatic rings. The van der Waals surface area contributed by atoms with Crippen molar-refractivity contribution >= 4 is 39.9 Å². The van der Waals surface area contributed by atoms with Crippen LogP contribution in [0.2, 0.25) is 0 Å². The minimum atomic E-state index is -0.317. The molecule has 1 aliphatic rings. The summed E-state index contributed by atoms with van der Waals surface area (Å²) < 4.78 is 13.8. The second kappa shape index (κ2) is 4.45. The topological polar surface area (TPSA) is 20.3 Å². The molecule has 0 saturated carbocycles. The van der Waals surface area contributed by atoms with Crippen LogP contribution in [0.1, 0.15) is 15.9 Å². The van der Waals surface area contributed by atoms with Gasteiger partial charge in [0.15, 0.2) is 0 Å². The van der Waals surface area contributed by atoms with E-state index in [9.17, 15) is 9.18 Å². The molecule has 0 bridgehead atoms. The fourth-order valence-corrected chi connectivity index (χ4v) is 2.92. The summed E-state index contributed by atoms with van der Waals surface area (Å²) in [6.45, 7) is 3.98. The third-order valence-electron chi connectivity index (χ3n) is 3.09. The molecule has 0 atom stereocenters. The first kappa shape index (κ1) is 12.3. The Morgan fingerprint density at radius 2 is 1.79 bits per heavy atom. The van der Waals surface area contributed by atoms with Crippen LogP contribution in [0.5, 0.6) is 0 Å². The molecule has 0 aliphatic carbocycles. The Labute approximate surface area is 123 Å². The number of rotatable bonds is 1. The second-order valence-electron chi connectivity index (χ2n) is 4.23. The van der Waals surface area contributed by atoms with E-state index in [2.05, 4.69) is 6.58 Å². The van der Waals surface area contributed by atoms with Crippen LogP contribution in [0, 0.1) is 9.39 Å². The van der Waals surface area contributed by atoms with Crippen molar-refractivity contribution in [2.75, 3.05) is 4.90 Å². The van der Waals surface area contributed by atoms with Crippen LogP contribution in [-0.2, 0) is 0 Å². The minimum Gasteiger partial charge on any atom is -0.276 e. The molecule has 0 radical (unpaired) electrons. The number of amides is 1. The Morgan fingerprint density at radius 3 is 2.42 bits per heavy atom. The molecular formula is C15H9FINO. The summed E-state index contributed by atoms with van der Waals surface area (Å²) in [5.74, 6) is -0.437. The fraction of sp³-hybridized carbons (Fsp3) is 0. The molecule has 0 fully saturated rings. The third kappa shape index (κ3) is 1.87. The van der Waals surface area contributed by atoms with Crippen LogP contribution in [0.25, 0.3) is 5.70 Å². The highest BCUT2D eigenvalue weighted by atomic mass is 127. The van der Waals surface area contributed by atoms with Crippen molar-refractivity contribution in [1.82, 2.24) is 0 Å². The average Bonchev–Trinajstić information content (AvgIpc) is 2.64. The van der Waals surface area contributed by atoms with Gasteiger partial charge in [-0.15, -0.1) is 0 Å². The molecule has 0 unspecified atom stereocenters. The van der Waals surface area contributed by atoms with Gasteiger partial charge in [-0.05, 0) is 46.9 Å². The Hall–Kier alpha value is -1.69. The number of hydrogen-bond acceptors (Lipinski definition) is 1. The summed E-state index contributed by atoms with van der Waals surface area (Å²) in [4.78, 5) is 13.9. The molecule has 1 aliphatic heterocycles. The molecule has 4 heteroatoms. The Morgan fingerprint density at radius 1 is 1.11 bits per heavy atom. The maximum atomic E-state index is 13.2. The van der Waals surface area contributed by atoms with E-state index in [1.165, 1.54) is 17.0 Å². The van der Waals surface area contributed by atoms with Gasteiger partial charge in [-0.1, -0.05) is 24.8 Å². The van der Waals surface area contributed by atoms with Gasteiger partial charge in [0.2, 0.25) is 0 Å². The van der Waals surface area contributed by atoms with Gasteiger partial charge in [-0.2, -0.15) is 0 Å². The molecular weight excluding hydrogens is 356 g/mol. The lowest BCUT2D eigenvalue weighted by molar-refractivity contribution is 0.101. The summed E-state index contributed by atoms with van der Waals surface area (Å²) in [7, 11) is 0. The highest BCUT2D eigenvalue weighted by Gasteiger charge is 2.32. The number of carbonyl (C=O) groups excluding carboxylic acids is 1. The molecule has 2 aromatic carbocycles. The van der Waals surface area contributed by atoms with Crippen molar-refractivity contribution in [3.63, 3.8) is 0 Å². The van der Waals surface area contributed by atoms with Gasteiger partial charge in [-0.25, -0.2) is 4.39 Å². The lowest BCUT2D eigenvalue weighted by atomic mass is 10.1. The zero-order valence-electron chi connectivity index (χ0n) is 9.86. The van der Waals surface area contributed by atoms with E-state index < -0.39 is 0 Å². The molecule has 1 heterocycles. The molecule has 0 spiro atoms. The van der Waals surface area contributed by atoms with Crippen LogP contribution in [-0.4, -0.2) is 5.91 Å². The van der Waals surface area contributed by atoms with E-state index in [-0.39, 0.29) is 11.7 Å². The quantitative estimate of drug-likeness (QED) is 0.698. The number of benzene rings is 2. The van der Waals surface area contributed by atoms with E-state index in [0.29, 0.717) is 20.5 Å². The Kier molecular flexibility index (Phi) is 2.89. The predicted molar refractivity (Wildman–Crippen MR) is 81.4 cm³/mol. The zero-order chi connectivity index (χ0) is 13.6. The van der Waals surface area contributed by atoms with Crippen molar-refractivity contribution < 1.29 is 9.18 Å². The summed E-state index contributed by atoms with van der Waals surface area (Å²) in [5.41, 5.74) is 2.75. The molecule has 3 rings (SSSR count). The number of carbonyl (C=O) groups is 1. The van der Waals surface area contributed by atoms with E-state index in [4.69, 9.17) is 0 Å². The predicted octanol–water partition coefficient (Wildman–Crippen LogP) is 4.06. The smallest absolute Gasteiger partial charge is 0.263 e. The maximum Gasteiger partial charge on any atom is 0.263 e. The SMILES string of the molecule is C=C1c2ccccc2C(=O)N1c1ccc(F)cc1I. The monoisotopic (exact) mass is 365 g/mol. The first-order valence-electron chi connectivity index (χ1n) is 5.67. The molecule has 94 valence electrons. The normalized spacial score (nSPS) is 13.9. The van der Waals surface area contributed by atoms with Gasteiger partial charge in [-0.3, -0.25) is 9.69 Å². The van der Waals surface area contributed by atoms with E-state index in [1.54, 1.807) is 12.1 Å². The van der Waals surface area contributed by atoms with Crippen LogP contribution < -0.4 is 4.90 Å². The van der Waals surface area contributed by atoms with Gasteiger partial charge in [0, 0.05) is 14.7 Å². The van der Waals surface area contributed by atoms with Crippen molar-refractivity contribution in [1.29, 1.82) is 0 Å². The largest absolute Gasteiger partial charge is 0.276 e. The minimum absolute atomic E-state index is 0.120. The van der Waals surface area contributed by atoms with Crippen LogP contribution in [0.15, 0.2) is 49.0 Å². The highest BCUT2D eigenvalue weighted by molar-refractivity contribution is 14.1. The van der Waals surface area contributed by atoms with Crippen molar-refractivity contribution in [2.45, 2.75) is 0 Å². The van der Waals surface area contributed by atoms with Gasteiger partial charge in [0.1, 0.15) is 5.82 Å². The number of anilines is 1. The number of halogens is 2. The van der Waals surface area contributed by atoms with E-state index in [0.717, 1.165) is 5.56 Å². The second-order valence-corrected chi connectivity index (χ2v) is 5.39. The average molecular weight is 365 g/mol. The van der Waals surface area contributed by atoms with E-state index >= 15 is 0 Å². The fourth-order valence-electron chi connectivity index (χ4n) is 2.20. The lowest BCUT2D eigenvalue weighted by Crippen LogP contribution is -2.22. The van der Waals surface area contributed by atoms with Gasteiger partial charge >= 0.3 is 0 Å². The lowest BCUT2D eigenvalue weighted by Gasteiger charge is -2.19. The van der Waals surface area contributed by atoms with E-state index in [1.807, 2.05) is 40.8 Å². The van der Waals surface area contributed by atoms with Gasteiger partial charge in [0.25, 0.3) is 5.91 Å². The first-order valence-corrected chi connectivity index (χ1v) is 6.75. The summed E-state index contributed by atoms with van der Waals surface area (Å²) >= 11 is 2.02. The summed E-state index contributed by atoms with van der Waals surface area (Å²) in [5, 5.41) is 0. The Balaban J connectivity index is 2.14. The molecule has 0 saturated heterocycles. The van der Waals surface area contributed by atoms with Crippen LogP contribution in [0.3, 0.4) is 0 Å². The van der Waals surface area contributed by atoms with Crippen LogP contribution >= 0.6 is 22.6 Å². The standard InChI is InChI=1S/C15H9FINO/c1-9-11-4-2-3-5-12(11)15(19)18(9)14-7-6-10(16)8-13(14)17/h2-8H,1H2. The third-order valence-corrected chi connectivity index (χ3v) is 3.96. The highest BCUT2D eigenvalue weighted by Crippen LogP contribution is 2.37. The first-order chi connectivity index (χ1) is 9.09. The molecule has 0 N–H and O–H groups in total. The number of hydrogen-bond donors (Lipinski definition) is 0. The zero-order valence-corrected chi connectivity index (χ0v) is 12.0. The van der Waals surface area contributed by atoms with Crippen molar-refractivity contribution in [2.24, 2.45) is 0 Å². The van der Waals surface area contributed by atoms with Gasteiger partial charge < -0.3 is 0 Å².